The van der Waals surface area contributed by atoms with Crippen LogP contribution < -0.4 is 0 Å². The van der Waals surface area contributed by atoms with E-state index in [4.69, 9.17) is 0 Å². The van der Waals surface area contributed by atoms with Crippen molar-refractivity contribution in [2.24, 2.45) is 17.8 Å². The SMILES string of the molecule is CC(C)C1CCC(C(=O)N2CCN(C(=O)c3cc4n(n3)CCCC4)CC2)CC1. The van der Waals surface area contributed by atoms with Crippen LogP contribution in [0.5, 0.6) is 0 Å². The summed E-state index contributed by atoms with van der Waals surface area (Å²) >= 11 is 0. The smallest absolute Gasteiger partial charge is 0.274 e. The van der Waals surface area contributed by atoms with Gasteiger partial charge in [-0.05, 0) is 62.8 Å². The Morgan fingerprint density at radius 3 is 2.29 bits per heavy atom. The maximum Gasteiger partial charge on any atom is 0.274 e. The number of hydrogen-bond donors (Lipinski definition) is 0. The lowest BCUT2D eigenvalue weighted by molar-refractivity contribution is -0.138. The van der Waals surface area contributed by atoms with E-state index >= 15 is 0 Å². The third-order valence-electron chi connectivity index (χ3n) is 7.08. The first-order valence-corrected chi connectivity index (χ1v) is 11.2. The molecule has 2 fully saturated rings. The topological polar surface area (TPSA) is 58.4 Å². The molecule has 0 spiro atoms. The van der Waals surface area contributed by atoms with Crippen molar-refractivity contribution in [2.45, 2.75) is 65.3 Å². The minimum atomic E-state index is 0.0199. The van der Waals surface area contributed by atoms with Crippen molar-refractivity contribution in [2.75, 3.05) is 26.2 Å². The number of hydrogen-bond acceptors (Lipinski definition) is 3. The normalized spacial score (nSPS) is 25.7. The van der Waals surface area contributed by atoms with Crippen molar-refractivity contribution in [1.82, 2.24) is 19.6 Å². The van der Waals surface area contributed by atoms with E-state index < -0.39 is 0 Å². The molecule has 4 rings (SSSR count). The summed E-state index contributed by atoms with van der Waals surface area (Å²) < 4.78 is 1.99. The van der Waals surface area contributed by atoms with Crippen molar-refractivity contribution in [1.29, 1.82) is 0 Å². The zero-order valence-corrected chi connectivity index (χ0v) is 17.4. The van der Waals surface area contributed by atoms with Crippen molar-refractivity contribution >= 4 is 11.8 Å². The summed E-state index contributed by atoms with van der Waals surface area (Å²) in [5, 5.41) is 4.52. The van der Waals surface area contributed by atoms with Gasteiger partial charge in [0.2, 0.25) is 5.91 Å². The van der Waals surface area contributed by atoms with Crippen molar-refractivity contribution in [3.8, 4) is 0 Å². The van der Waals surface area contributed by atoms with Crippen LogP contribution in [-0.2, 0) is 17.8 Å². The lowest BCUT2D eigenvalue weighted by atomic mass is 9.76. The second kappa shape index (κ2) is 8.26. The molecule has 6 heteroatoms. The van der Waals surface area contributed by atoms with Gasteiger partial charge in [-0.25, -0.2) is 0 Å². The second-order valence-electron chi connectivity index (χ2n) is 9.17. The lowest BCUT2D eigenvalue weighted by Crippen LogP contribution is -2.52. The number of aryl methyl sites for hydroxylation is 2. The summed E-state index contributed by atoms with van der Waals surface area (Å²) in [6.07, 6.45) is 7.75. The molecule has 2 aliphatic heterocycles. The Hall–Kier alpha value is -1.85. The van der Waals surface area contributed by atoms with Gasteiger partial charge in [0.25, 0.3) is 5.91 Å². The Bertz CT molecular complexity index is 687. The molecule has 3 aliphatic rings. The van der Waals surface area contributed by atoms with Gasteiger partial charge in [-0.3, -0.25) is 14.3 Å². The van der Waals surface area contributed by atoms with Crippen LogP contribution in [0.1, 0.15) is 68.6 Å². The zero-order chi connectivity index (χ0) is 19.7. The first-order chi connectivity index (χ1) is 13.5. The fourth-order valence-corrected chi connectivity index (χ4v) is 5.11. The molecule has 1 aromatic rings. The molecule has 0 atom stereocenters. The van der Waals surface area contributed by atoms with Crippen LogP contribution in [0.2, 0.25) is 0 Å². The minimum absolute atomic E-state index is 0.0199. The Balaban J connectivity index is 1.29. The van der Waals surface area contributed by atoms with Gasteiger partial charge in [0.05, 0.1) is 0 Å². The molecular formula is C22H34N4O2. The maximum absolute atomic E-state index is 12.9. The molecule has 28 heavy (non-hydrogen) atoms. The van der Waals surface area contributed by atoms with Crippen LogP contribution in [-0.4, -0.2) is 57.6 Å². The van der Waals surface area contributed by atoms with E-state index in [1.807, 2.05) is 20.5 Å². The molecule has 0 aromatic carbocycles. The highest BCUT2D eigenvalue weighted by molar-refractivity contribution is 5.92. The Morgan fingerprint density at radius 1 is 0.964 bits per heavy atom. The van der Waals surface area contributed by atoms with E-state index in [0.29, 0.717) is 37.8 Å². The van der Waals surface area contributed by atoms with Crippen LogP contribution in [0.3, 0.4) is 0 Å². The van der Waals surface area contributed by atoms with E-state index in [2.05, 4.69) is 18.9 Å². The second-order valence-corrected chi connectivity index (χ2v) is 9.17. The van der Waals surface area contributed by atoms with Crippen LogP contribution >= 0.6 is 0 Å². The van der Waals surface area contributed by atoms with Gasteiger partial charge in [-0.1, -0.05) is 13.8 Å². The number of amides is 2. The first-order valence-electron chi connectivity index (χ1n) is 11.2. The number of aromatic nitrogens is 2. The van der Waals surface area contributed by atoms with Gasteiger partial charge in [0.15, 0.2) is 5.69 Å². The minimum Gasteiger partial charge on any atom is -0.339 e. The van der Waals surface area contributed by atoms with Crippen molar-refractivity contribution in [3.05, 3.63) is 17.5 Å². The summed E-state index contributed by atoms with van der Waals surface area (Å²) in [6, 6.07) is 1.96. The Labute approximate surface area is 168 Å². The van der Waals surface area contributed by atoms with E-state index in [1.165, 1.54) is 25.0 Å². The summed E-state index contributed by atoms with van der Waals surface area (Å²) in [7, 11) is 0. The molecule has 1 aliphatic carbocycles. The molecule has 1 saturated carbocycles. The van der Waals surface area contributed by atoms with Gasteiger partial charge in [0, 0.05) is 44.3 Å². The Kier molecular flexibility index (Phi) is 5.74. The standard InChI is InChI=1S/C22H34N4O2/c1-16(2)17-6-8-18(9-7-17)21(27)24-11-13-25(14-12-24)22(28)20-15-19-5-3-4-10-26(19)23-20/h15-18H,3-14H2,1-2H3. The van der Waals surface area contributed by atoms with Gasteiger partial charge in [-0.2, -0.15) is 5.10 Å². The van der Waals surface area contributed by atoms with Crippen LogP contribution in [0, 0.1) is 17.8 Å². The van der Waals surface area contributed by atoms with E-state index in [-0.39, 0.29) is 11.8 Å². The summed E-state index contributed by atoms with van der Waals surface area (Å²) in [5.74, 6) is 2.02. The molecule has 2 amide bonds. The summed E-state index contributed by atoms with van der Waals surface area (Å²) in [5.41, 5.74) is 1.75. The number of fused-ring (bicyclic) bond motifs is 1. The fraction of sp³-hybridized carbons (Fsp3) is 0.773. The highest BCUT2D eigenvalue weighted by Crippen LogP contribution is 2.34. The average Bonchev–Trinajstić information content (AvgIpc) is 3.17. The zero-order valence-electron chi connectivity index (χ0n) is 17.4. The third-order valence-corrected chi connectivity index (χ3v) is 7.08. The number of carbonyl (C=O) groups excluding carboxylic acids is 2. The molecule has 154 valence electrons. The largest absolute Gasteiger partial charge is 0.339 e. The average molecular weight is 387 g/mol. The molecule has 0 unspecified atom stereocenters. The van der Waals surface area contributed by atoms with Crippen LogP contribution in [0.15, 0.2) is 6.07 Å². The molecular weight excluding hydrogens is 352 g/mol. The van der Waals surface area contributed by atoms with Gasteiger partial charge < -0.3 is 9.80 Å². The van der Waals surface area contributed by atoms with Gasteiger partial charge >= 0.3 is 0 Å². The molecule has 1 saturated heterocycles. The number of nitrogens with zero attached hydrogens (tertiary/aromatic N) is 4. The molecule has 0 N–H and O–H groups in total. The maximum atomic E-state index is 12.9. The van der Waals surface area contributed by atoms with E-state index in [0.717, 1.165) is 44.1 Å². The Morgan fingerprint density at radius 2 is 1.64 bits per heavy atom. The molecule has 1 aromatic heterocycles. The van der Waals surface area contributed by atoms with E-state index in [9.17, 15) is 9.59 Å². The predicted molar refractivity (Wildman–Crippen MR) is 108 cm³/mol. The number of piperazine rings is 1. The predicted octanol–water partition coefficient (Wildman–Crippen LogP) is 2.97. The van der Waals surface area contributed by atoms with Gasteiger partial charge in [-0.15, -0.1) is 0 Å². The van der Waals surface area contributed by atoms with Gasteiger partial charge in [0.1, 0.15) is 0 Å². The molecule has 3 heterocycles. The number of rotatable bonds is 3. The molecule has 0 radical (unpaired) electrons. The summed E-state index contributed by atoms with van der Waals surface area (Å²) in [4.78, 5) is 29.6. The third kappa shape index (κ3) is 3.96. The first kappa shape index (κ1) is 19.5. The van der Waals surface area contributed by atoms with E-state index in [1.54, 1.807) is 0 Å². The lowest BCUT2D eigenvalue weighted by Gasteiger charge is -2.38. The number of carbonyl (C=O) groups is 2. The fourth-order valence-electron chi connectivity index (χ4n) is 5.11. The summed E-state index contributed by atoms with van der Waals surface area (Å²) in [6.45, 7) is 8.05. The monoisotopic (exact) mass is 386 g/mol. The van der Waals surface area contributed by atoms with Crippen LogP contribution in [0.25, 0.3) is 0 Å². The highest BCUT2D eigenvalue weighted by atomic mass is 16.2. The van der Waals surface area contributed by atoms with Crippen LogP contribution in [0.4, 0.5) is 0 Å². The highest BCUT2D eigenvalue weighted by Gasteiger charge is 2.33. The van der Waals surface area contributed by atoms with Crippen molar-refractivity contribution in [3.63, 3.8) is 0 Å². The van der Waals surface area contributed by atoms with Crippen molar-refractivity contribution < 1.29 is 9.59 Å². The molecule has 6 nitrogen and oxygen atoms in total. The molecule has 0 bridgehead atoms. The quantitative estimate of drug-likeness (QED) is 0.802.